The van der Waals surface area contributed by atoms with E-state index >= 15 is 4.39 Å². The predicted molar refractivity (Wildman–Crippen MR) is 160 cm³/mol. The Hall–Kier alpha value is -4.24. The zero-order valence-electron chi connectivity index (χ0n) is 23.3. The smallest absolute Gasteiger partial charge is 0.255 e. The number of benzene rings is 1. The molecule has 0 spiro atoms. The lowest BCUT2D eigenvalue weighted by atomic mass is 9.57. The molecule has 1 heterocycles. The number of phenolic OH excluding ortho intramolecular Hbond substituents is 1. The van der Waals surface area contributed by atoms with Crippen LogP contribution in [0.15, 0.2) is 47.5 Å². The van der Waals surface area contributed by atoms with Gasteiger partial charge in [0.1, 0.15) is 22.9 Å². The predicted octanol–water partition coefficient (Wildman–Crippen LogP) is 1.39. The molecule has 5 rings (SSSR count). The first-order valence-corrected chi connectivity index (χ1v) is 12.9. The molecule has 1 aromatic carbocycles. The summed E-state index contributed by atoms with van der Waals surface area (Å²) in [6.07, 6.45) is 2.63. The van der Waals surface area contributed by atoms with E-state index in [9.17, 15) is 39.6 Å². The molecular formula is C28H30Cl2FN5O8. The number of carbonyl (C=O) groups excluding carboxylic acids is 4. The number of hydrogen-bond donors (Lipinski definition) is 7. The van der Waals surface area contributed by atoms with Crippen LogP contribution < -0.4 is 16.4 Å². The quantitative estimate of drug-likeness (QED) is 0.175. The highest BCUT2D eigenvalue weighted by atomic mass is 35.5. The second-order valence-corrected chi connectivity index (χ2v) is 10.7. The molecule has 1 aromatic heterocycles. The molecule has 3 aliphatic rings. The lowest BCUT2D eigenvalue weighted by Gasteiger charge is -2.50. The summed E-state index contributed by atoms with van der Waals surface area (Å²) in [5.74, 6) is -10.0. The first-order valence-electron chi connectivity index (χ1n) is 12.9. The van der Waals surface area contributed by atoms with Crippen molar-refractivity contribution in [3.63, 3.8) is 0 Å². The summed E-state index contributed by atoms with van der Waals surface area (Å²) >= 11 is 0. The zero-order chi connectivity index (χ0) is 30.7. The normalized spacial score (nSPS) is 24.0. The molecule has 4 atom stereocenters. The van der Waals surface area contributed by atoms with Crippen LogP contribution in [-0.2, 0) is 25.6 Å². The van der Waals surface area contributed by atoms with Gasteiger partial charge in [-0.2, -0.15) is 0 Å². The van der Waals surface area contributed by atoms with Gasteiger partial charge < -0.3 is 36.8 Å². The molecule has 0 radical (unpaired) electrons. The van der Waals surface area contributed by atoms with Gasteiger partial charge >= 0.3 is 0 Å². The number of hydrogen-bond acceptors (Lipinski definition) is 11. The number of aliphatic hydroxyl groups is 3. The number of halogens is 3. The molecule has 3 aliphatic carbocycles. The third-order valence-corrected chi connectivity index (χ3v) is 8.06. The number of phenols is 1. The van der Waals surface area contributed by atoms with Gasteiger partial charge in [0, 0.05) is 35.5 Å². The Labute approximate surface area is 262 Å². The molecule has 0 aliphatic heterocycles. The van der Waals surface area contributed by atoms with E-state index in [0.29, 0.717) is 5.69 Å². The number of ketones is 2. The number of aromatic nitrogens is 1. The fourth-order valence-electron chi connectivity index (χ4n) is 6.21. The number of aliphatic hydroxyl groups excluding tert-OH is 2. The Balaban J connectivity index is 0.00000264. The van der Waals surface area contributed by atoms with Crippen LogP contribution in [0.3, 0.4) is 0 Å². The first-order chi connectivity index (χ1) is 19.8. The van der Waals surface area contributed by atoms with Gasteiger partial charge in [0.05, 0.1) is 29.5 Å². The van der Waals surface area contributed by atoms with Crippen LogP contribution in [0, 0.1) is 17.7 Å². The minimum absolute atomic E-state index is 0. The van der Waals surface area contributed by atoms with Crippen LogP contribution in [0.4, 0.5) is 15.8 Å². The number of nitrogens with two attached hydrogens (primary N) is 1. The maximum Gasteiger partial charge on any atom is 0.255 e. The molecular weight excluding hydrogens is 624 g/mol. The zero-order valence-corrected chi connectivity index (χ0v) is 25.0. The van der Waals surface area contributed by atoms with E-state index in [-0.39, 0.29) is 55.5 Å². The van der Waals surface area contributed by atoms with E-state index in [1.165, 1.54) is 25.2 Å². The van der Waals surface area contributed by atoms with Crippen LogP contribution in [0.1, 0.15) is 17.5 Å². The lowest BCUT2D eigenvalue weighted by Crippen LogP contribution is -2.65. The number of pyridine rings is 1. The van der Waals surface area contributed by atoms with Crippen molar-refractivity contribution in [3.05, 3.63) is 64.4 Å². The molecule has 8 N–H and O–H groups in total. The highest BCUT2D eigenvalue weighted by Crippen LogP contribution is 2.53. The largest absolute Gasteiger partial charge is 0.508 e. The second kappa shape index (κ2) is 12.4. The summed E-state index contributed by atoms with van der Waals surface area (Å²) in [6.45, 7) is -0.272. The molecule has 44 heavy (non-hydrogen) atoms. The third-order valence-electron chi connectivity index (χ3n) is 8.06. The molecule has 16 heteroatoms. The summed E-state index contributed by atoms with van der Waals surface area (Å²) < 4.78 is 15.4. The van der Waals surface area contributed by atoms with Crippen molar-refractivity contribution in [2.24, 2.45) is 17.6 Å². The Bertz CT molecular complexity index is 1620. The van der Waals surface area contributed by atoms with Gasteiger partial charge in [-0.1, -0.05) is 0 Å². The van der Waals surface area contributed by atoms with Gasteiger partial charge in [-0.05, 0) is 45.0 Å². The van der Waals surface area contributed by atoms with E-state index in [1.807, 2.05) is 0 Å². The Morgan fingerprint density at radius 1 is 1.20 bits per heavy atom. The van der Waals surface area contributed by atoms with Crippen molar-refractivity contribution in [1.82, 2.24) is 9.88 Å². The molecule has 0 unspecified atom stereocenters. The molecule has 0 bridgehead atoms. The molecule has 0 saturated heterocycles. The van der Waals surface area contributed by atoms with Gasteiger partial charge in [-0.3, -0.25) is 29.1 Å². The van der Waals surface area contributed by atoms with Crippen molar-refractivity contribution in [3.8, 4) is 5.75 Å². The highest BCUT2D eigenvalue weighted by Gasteiger charge is 2.64. The van der Waals surface area contributed by atoms with Gasteiger partial charge in [0.15, 0.2) is 17.1 Å². The van der Waals surface area contributed by atoms with E-state index in [0.717, 1.165) is 6.07 Å². The summed E-state index contributed by atoms with van der Waals surface area (Å²) in [4.78, 5) is 56.9. The van der Waals surface area contributed by atoms with E-state index in [4.69, 9.17) is 5.73 Å². The van der Waals surface area contributed by atoms with Crippen LogP contribution >= 0.6 is 24.8 Å². The Morgan fingerprint density at radius 2 is 1.89 bits per heavy atom. The van der Waals surface area contributed by atoms with E-state index in [2.05, 4.69) is 15.6 Å². The second-order valence-electron chi connectivity index (χ2n) is 10.7. The number of primary amides is 1. The number of fused-ring (bicyclic) bond motifs is 3. The number of anilines is 2. The topological polar surface area (TPSA) is 215 Å². The number of aromatic hydroxyl groups is 1. The number of amides is 2. The minimum Gasteiger partial charge on any atom is -0.508 e. The van der Waals surface area contributed by atoms with Gasteiger partial charge in [0.2, 0.25) is 11.7 Å². The third kappa shape index (κ3) is 5.23. The molecule has 1 saturated carbocycles. The summed E-state index contributed by atoms with van der Waals surface area (Å²) in [5, 5.41) is 49.9. The van der Waals surface area contributed by atoms with Gasteiger partial charge in [-0.25, -0.2) is 4.39 Å². The number of likely N-dealkylation sites (N-methyl/N-ethyl adjacent to an activating group) is 1. The number of Topliss-reactive ketones (excluding diaryl/α,β-unsaturated/α-hetero) is 2. The van der Waals surface area contributed by atoms with Crippen LogP contribution in [-0.4, -0.2) is 86.0 Å². The average Bonchev–Trinajstić information content (AvgIpc) is 2.92. The number of nitrogens with one attached hydrogen (secondary N) is 2. The monoisotopic (exact) mass is 653 g/mol. The maximum absolute atomic E-state index is 15.4. The first kappa shape index (κ1) is 34.3. The van der Waals surface area contributed by atoms with Crippen molar-refractivity contribution < 1.29 is 44.0 Å². The fourth-order valence-corrected chi connectivity index (χ4v) is 6.21. The van der Waals surface area contributed by atoms with Crippen molar-refractivity contribution in [1.29, 1.82) is 0 Å². The molecule has 13 nitrogen and oxygen atoms in total. The fraction of sp³-hybridized carbons (Fsp3) is 0.321. The molecule has 2 amide bonds. The van der Waals surface area contributed by atoms with Crippen molar-refractivity contribution in [2.45, 2.75) is 24.5 Å². The number of rotatable bonds is 6. The van der Waals surface area contributed by atoms with Crippen LogP contribution in [0.25, 0.3) is 5.76 Å². The minimum atomic E-state index is -2.82. The van der Waals surface area contributed by atoms with E-state index in [1.54, 1.807) is 18.3 Å². The van der Waals surface area contributed by atoms with Crippen LogP contribution in [0.2, 0.25) is 0 Å². The van der Waals surface area contributed by atoms with Crippen LogP contribution in [0.5, 0.6) is 5.75 Å². The number of nitrogens with zero attached hydrogens (tertiary/aromatic N) is 2. The standard InChI is InChI=1S/C28H28FN5O8.2ClH/c1-34(2)21-14-7-11-6-13-15(29)8-16(33-17(35)10-32-12-4-3-5-31-9-12)22(36)19(13)23(37)18(11)25(39)28(14,42)26(40)20(24(21)38)27(30)41;;/h3-5,8-9,11,14,21,32,36-37,40,42H,6-7,10H2,1-2H3,(H2,30,41)(H,33,35);2*1H/t11-,14-,21-,28-;;/m0../s1. The number of carbonyl (C=O) groups is 4. The SMILES string of the molecule is CN(C)[C@@H]1C(=O)C(C(N)=O)=C(O)[C@@]2(O)C(=O)C3=C(O)c4c(O)c(NC(=O)CNc5cccnc5)cc(F)c4C[C@H]3C[C@@H]12.Cl.Cl. The van der Waals surface area contributed by atoms with Gasteiger partial charge in [-0.15, -0.1) is 24.8 Å². The van der Waals surface area contributed by atoms with E-state index < -0.39 is 86.7 Å². The average molecular weight is 654 g/mol. The summed E-state index contributed by atoms with van der Waals surface area (Å²) in [7, 11) is 2.96. The Kier molecular flexibility index (Phi) is 9.65. The highest BCUT2D eigenvalue weighted by molar-refractivity contribution is 6.24. The maximum atomic E-state index is 15.4. The van der Waals surface area contributed by atoms with Gasteiger partial charge in [0.25, 0.3) is 5.91 Å². The molecule has 2 aromatic rings. The van der Waals surface area contributed by atoms with Crippen molar-refractivity contribution >= 4 is 65.3 Å². The summed E-state index contributed by atoms with van der Waals surface area (Å²) in [6, 6.07) is 2.95. The molecule has 1 fully saturated rings. The summed E-state index contributed by atoms with van der Waals surface area (Å²) in [5.41, 5.74) is 0.656. The lowest BCUT2D eigenvalue weighted by molar-refractivity contribution is -0.153. The molecule has 236 valence electrons. The Morgan fingerprint density at radius 3 is 2.48 bits per heavy atom. The van der Waals surface area contributed by atoms with Crippen molar-refractivity contribution in [2.75, 3.05) is 31.3 Å².